The number of fused-ring (bicyclic) bond motifs is 1. The molecule has 0 amide bonds. The number of hydrogen-bond donors (Lipinski definition) is 1. The molecule has 4 aromatic rings. The molecule has 154 valence electrons. The summed E-state index contributed by atoms with van der Waals surface area (Å²) in [5, 5.41) is 10.8. The largest absolute Gasteiger partial charge is 0.491 e. The van der Waals surface area contributed by atoms with E-state index in [4.69, 9.17) is 9.72 Å². The molecule has 1 unspecified atom stereocenters. The third-order valence-electron chi connectivity index (χ3n) is 5.53. The number of aliphatic hydroxyl groups is 1. The Bertz CT molecular complexity index is 1150. The van der Waals surface area contributed by atoms with Crippen LogP contribution in [0, 0.1) is 20.8 Å². The minimum Gasteiger partial charge on any atom is -0.491 e. The second kappa shape index (κ2) is 8.72. The average molecular weight is 401 g/mol. The van der Waals surface area contributed by atoms with Gasteiger partial charge in [-0.2, -0.15) is 0 Å². The second-order valence-corrected chi connectivity index (χ2v) is 7.96. The molecule has 0 saturated heterocycles. The molecule has 1 N–H and O–H groups in total. The van der Waals surface area contributed by atoms with Gasteiger partial charge in [-0.3, -0.25) is 0 Å². The first-order chi connectivity index (χ1) is 14.5. The summed E-state index contributed by atoms with van der Waals surface area (Å²) in [6, 6.07) is 22.5. The van der Waals surface area contributed by atoms with E-state index >= 15 is 0 Å². The Labute approximate surface area is 177 Å². The van der Waals surface area contributed by atoms with Crippen LogP contribution >= 0.6 is 0 Å². The maximum Gasteiger partial charge on any atom is 0.122 e. The topological polar surface area (TPSA) is 47.3 Å². The summed E-state index contributed by atoms with van der Waals surface area (Å²) in [5.74, 6) is 1.79. The van der Waals surface area contributed by atoms with Crippen LogP contribution < -0.4 is 4.74 Å². The highest BCUT2D eigenvalue weighted by Crippen LogP contribution is 2.24. The standard InChI is InChI=1S/C26H28N2O2/c1-18-13-19(2)20(3)25(14-18)30-17-22(29)16-28-24-12-8-7-11-23(24)27-26(28)15-21-9-5-4-6-10-21/h4-14,22,29H,15-17H2,1-3H3. The molecule has 0 aliphatic heterocycles. The number of aryl methyl sites for hydroxylation is 2. The van der Waals surface area contributed by atoms with Crippen molar-refractivity contribution in [3.8, 4) is 5.75 Å². The molecule has 0 spiro atoms. The summed E-state index contributed by atoms with van der Waals surface area (Å²) in [5.41, 5.74) is 6.65. The van der Waals surface area contributed by atoms with Gasteiger partial charge < -0.3 is 14.4 Å². The minimum atomic E-state index is -0.641. The highest BCUT2D eigenvalue weighted by Gasteiger charge is 2.16. The van der Waals surface area contributed by atoms with Crippen molar-refractivity contribution in [1.29, 1.82) is 0 Å². The lowest BCUT2D eigenvalue weighted by molar-refractivity contribution is 0.0924. The molecule has 4 heteroatoms. The molecule has 1 atom stereocenters. The fourth-order valence-corrected chi connectivity index (χ4v) is 3.84. The van der Waals surface area contributed by atoms with Crippen molar-refractivity contribution in [1.82, 2.24) is 9.55 Å². The van der Waals surface area contributed by atoms with E-state index in [1.54, 1.807) is 0 Å². The molecular formula is C26H28N2O2. The lowest BCUT2D eigenvalue weighted by atomic mass is 10.1. The SMILES string of the molecule is Cc1cc(C)c(C)c(OCC(O)Cn2c(Cc3ccccc3)nc3ccccc32)c1. The molecule has 3 aromatic carbocycles. The Morgan fingerprint density at radius 3 is 2.50 bits per heavy atom. The van der Waals surface area contributed by atoms with Gasteiger partial charge in [-0.05, 0) is 61.2 Å². The van der Waals surface area contributed by atoms with E-state index in [9.17, 15) is 5.11 Å². The normalized spacial score (nSPS) is 12.3. The van der Waals surface area contributed by atoms with Crippen LogP contribution in [0.3, 0.4) is 0 Å². The van der Waals surface area contributed by atoms with Gasteiger partial charge in [0.2, 0.25) is 0 Å². The molecule has 1 aromatic heterocycles. The molecule has 0 fully saturated rings. The van der Waals surface area contributed by atoms with Crippen molar-refractivity contribution in [2.45, 2.75) is 39.8 Å². The first-order valence-electron chi connectivity index (χ1n) is 10.4. The number of aliphatic hydroxyl groups excluding tert-OH is 1. The number of nitrogens with zero attached hydrogens (tertiary/aromatic N) is 2. The van der Waals surface area contributed by atoms with Crippen LogP contribution in [0.4, 0.5) is 0 Å². The van der Waals surface area contributed by atoms with E-state index in [-0.39, 0.29) is 6.61 Å². The second-order valence-electron chi connectivity index (χ2n) is 7.96. The summed E-state index contributed by atoms with van der Waals surface area (Å²) in [7, 11) is 0. The van der Waals surface area contributed by atoms with Crippen molar-refractivity contribution in [2.75, 3.05) is 6.61 Å². The van der Waals surface area contributed by atoms with Gasteiger partial charge >= 0.3 is 0 Å². The Balaban J connectivity index is 1.54. The number of hydrogen-bond acceptors (Lipinski definition) is 3. The summed E-state index contributed by atoms with van der Waals surface area (Å²) < 4.78 is 8.11. The Morgan fingerprint density at radius 1 is 0.967 bits per heavy atom. The van der Waals surface area contributed by atoms with Gasteiger partial charge in [0, 0.05) is 6.42 Å². The summed E-state index contributed by atoms with van der Waals surface area (Å²) in [6.07, 6.45) is 0.0802. The number of imidazole rings is 1. The summed E-state index contributed by atoms with van der Waals surface area (Å²) in [4.78, 5) is 4.83. The molecule has 0 aliphatic rings. The van der Waals surface area contributed by atoms with Crippen molar-refractivity contribution in [3.05, 3.63) is 94.8 Å². The molecule has 0 aliphatic carbocycles. The first-order valence-corrected chi connectivity index (χ1v) is 10.4. The molecule has 4 rings (SSSR count). The number of benzene rings is 3. The van der Waals surface area contributed by atoms with Gasteiger partial charge in [-0.25, -0.2) is 4.98 Å². The van der Waals surface area contributed by atoms with E-state index in [2.05, 4.69) is 49.6 Å². The Hall–Kier alpha value is -3.11. The van der Waals surface area contributed by atoms with Gasteiger partial charge in [0.1, 0.15) is 24.3 Å². The van der Waals surface area contributed by atoms with Gasteiger partial charge in [-0.1, -0.05) is 48.5 Å². The summed E-state index contributed by atoms with van der Waals surface area (Å²) in [6.45, 7) is 6.87. The lowest BCUT2D eigenvalue weighted by Gasteiger charge is -2.18. The smallest absolute Gasteiger partial charge is 0.122 e. The van der Waals surface area contributed by atoms with Gasteiger partial charge in [0.05, 0.1) is 17.6 Å². The van der Waals surface area contributed by atoms with Crippen molar-refractivity contribution < 1.29 is 9.84 Å². The third-order valence-corrected chi connectivity index (χ3v) is 5.53. The molecule has 1 heterocycles. The quantitative estimate of drug-likeness (QED) is 0.475. The molecule has 0 radical (unpaired) electrons. The molecular weight excluding hydrogens is 372 g/mol. The number of ether oxygens (including phenoxy) is 1. The average Bonchev–Trinajstić information content (AvgIpc) is 3.07. The van der Waals surface area contributed by atoms with E-state index < -0.39 is 6.10 Å². The molecule has 4 nitrogen and oxygen atoms in total. The highest BCUT2D eigenvalue weighted by molar-refractivity contribution is 5.76. The highest BCUT2D eigenvalue weighted by atomic mass is 16.5. The third kappa shape index (κ3) is 4.39. The van der Waals surface area contributed by atoms with Crippen LogP contribution in [0.25, 0.3) is 11.0 Å². The van der Waals surface area contributed by atoms with Crippen LogP contribution in [0.15, 0.2) is 66.7 Å². The number of aromatic nitrogens is 2. The zero-order chi connectivity index (χ0) is 21.1. The van der Waals surface area contributed by atoms with Gasteiger partial charge in [0.15, 0.2) is 0 Å². The maximum absolute atomic E-state index is 10.8. The fourth-order valence-electron chi connectivity index (χ4n) is 3.84. The van der Waals surface area contributed by atoms with Crippen LogP contribution in [0.5, 0.6) is 5.75 Å². The van der Waals surface area contributed by atoms with Gasteiger partial charge in [0.25, 0.3) is 0 Å². The molecule has 30 heavy (non-hydrogen) atoms. The van der Waals surface area contributed by atoms with Crippen molar-refractivity contribution >= 4 is 11.0 Å². The monoisotopic (exact) mass is 400 g/mol. The maximum atomic E-state index is 10.8. The predicted molar refractivity (Wildman–Crippen MR) is 121 cm³/mol. The van der Waals surface area contributed by atoms with E-state index in [0.29, 0.717) is 6.54 Å². The van der Waals surface area contributed by atoms with E-state index in [1.807, 2.05) is 42.5 Å². The molecule has 0 saturated carbocycles. The Kier molecular flexibility index (Phi) is 5.86. The predicted octanol–water partition coefficient (Wildman–Crippen LogP) is 4.99. The zero-order valence-electron chi connectivity index (χ0n) is 17.8. The van der Waals surface area contributed by atoms with Crippen molar-refractivity contribution in [2.24, 2.45) is 0 Å². The van der Waals surface area contributed by atoms with Crippen LogP contribution in [0.1, 0.15) is 28.1 Å². The lowest BCUT2D eigenvalue weighted by Crippen LogP contribution is -2.25. The van der Waals surface area contributed by atoms with Crippen LogP contribution in [-0.2, 0) is 13.0 Å². The van der Waals surface area contributed by atoms with E-state index in [0.717, 1.165) is 40.2 Å². The first kappa shape index (κ1) is 20.2. The van der Waals surface area contributed by atoms with Crippen LogP contribution in [-0.4, -0.2) is 27.4 Å². The zero-order valence-corrected chi connectivity index (χ0v) is 17.8. The summed E-state index contributed by atoms with van der Waals surface area (Å²) >= 11 is 0. The number of rotatable bonds is 7. The molecule has 0 bridgehead atoms. The fraction of sp³-hybridized carbons (Fsp3) is 0.269. The number of para-hydroxylation sites is 2. The van der Waals surface area contributed by atoms with Gasteiger partial charge in [-0.15, -0.1) is 0 Å². The van der Waals surface area contributed by atoms with E-state index in [1.165, 1.54) is 11.1 Å². The Morgan fingerprint density at radius 2 is 1.70 bits per heavy atom. The van der Waals surface area contributed by atoms with Crippen LogP contribution in [0.2, 0.25) is 0 Å². The van der Waals surface area contributed by atoms with Crippen molar-refractivity contribution in [3.63, 3.8) is 0 Å². The minimum absolute atomic E-state index is 0.237.